The highest BCUT2D eigenvalue weighted by atomic mass is 127. The Bertz CT molecular complexity index is 576. The molecule has 0 bridgehead atoms. The number of hydrogen-bond acceptors (Lipinski definition) is 2. The lowest BCUT2D eigenvalue weighted by atomic mass is 10.1. The third-order valence-electron chi connectivity index (χ3n) is 4.37. The number of aliphatic imine (C=N–C) groups is 1. The maximum Gasteiger partial charge on any atom is 0.227 e. The van der Waals surface area contributed by atoms with Crippen molar-refractivity contribution in [2.24, 2.45) is 16.8 Å². The van der Waals surface area contributed by atoms with E-state index in [0.29, 0.717) is 12.6 Å². The first-order chi connectivity index (χ1) is 11.0. The molecule has 0 saturated heterocycles. The highest BCUT2D eigenvalue weighted by Gasteiger charge is 2.33. The summed E-state index contributed by atoms with van der Waals surface area (Å²) in [6.45, 7) is 6.86. The molecule has 1 amide bonds. The van der Waals surface area contributed by atoms with E-state index in [2.05, 4.69) is 27.9 Å². The van der Waals surface area contributed by atoms with Gasteiger partial charge >= 0.3 is 0 Å². The topological polar surface area (TPSA) is 65.5 Å². The summed E-state index contributed by atoms with van der Waals surface area (Å²) < 4.78 is 0. The predicted octanol–water partition coefficient (Wildman–Crippen LogP) is 3.36. The molecule has 0 radical (unpaired) electrons. The van der Waals surface area contributed by atoms with Crippen LogP contribution in [0.1, 0.15) is 39.2 Å². The van der Waals surface area contributed by atoms with Gasteiger partial charge in [0.1, 0.15) is 0 Å². The van der Waals surface area contributed by atoms with Gasteiger partial charge < -0.3 is 16.0 Å². The normalized spacial score (nSPS) is 20.6. The highest BCUT2D eigenvalue weighted by molar-refractivity contribution is 14.0. The maximum atomic E-state index is 12.0. The molecule has 2 rings (SSSR count). The van der Waals surface area contributed by atoms with E-state index in [-0.39, 0.29) is 35.8 Å². The molecule has 1 aliphatic rings. The Morgan fingerprint density at radius 2 is 2.12 bits per heavy atom. The molecule has 24 heavy (non-hydrogen) atoms. The van der Waals surface area contributed by atoms with Crippen molar-refractivity contribution in [3.8, 4) is 0 Å². The number of guanidine groups is 1. The van der Waals surface area contributed by atoms with Crippen molar-refractivity contribution in [1.29, 1.82) is 0 Å². The number of carbonyl (C=O) groups excluding carboxylic acids is 1. The van der Waals surface area contributed by atoms with Gasteiger partial charge in [0.25, 0.3) is 0 Å². The van der Waals surface area contributed by atoms with Crippen molar-refractivity contribution in [2.45, 2.75) is 46.2 Å². The molecule has 0 heterocycles. The Morgan fingerprint density at radius 1 is 1.42 bits per heavy atom. The number of amides is 1. The quantitative estimate of drug-likeness (QED) is 0.358. The van der Waals surface area contributed by atoms with Gasteiger partial charge in [-0.2, -0.15) is 0 Å². The van der Waals surface area contributed by atoms with E-state index in [1.165, 1.54) is 6.42 Å². The fourth-order valence-corrected chi connectivity index (χ4v) is 2.29. The van der Waals surface area contributed by atoms with Gasteiger partial charge in [-0.1, -0.05) is 32.9 Å². The number of rotatable bonds is 6. The van der Waals surface area contributed by atoms with E-state index in [0.717, 1.165) is 29.5 Å². The third-order valence-corrected chi connectivity index (χ3v) is 4.37. The van der Waals surface area contributed by atoms with E-state index < -0.39 is 0 Å². The minimum Gasteiger partial charge on any atom is -0.353 e. The standard InChI is InChI=1S/C18H28N4O.HI/c1-5-12(2)17(23)21-15-8-6-7-14(10-15)11-20-18(19-4)22-16-9-13(16)3;/h6-8,10,12-13,16H,5,9,11H2,1-4H3,(H,21,23)(H2,19,20,22);1H. The lowest BCUT2D eigenvalue weighted by Gasteiger charge is -2.13. The van der Waals surface area contributed by atoms with Crippen LogP contribution < -0.4 is 16.0 Å². The maximum absolute atomic E-state index is 12.0. The van der Waals surface area contributed by atoms with Gasteiger partial charge in [-0.25, -0.2) is 0 Å². The van der Waals surface area contributed by atoms with E-state index >= 15 is 0 Å². The Balaban J connectivity index is 0.00000288. The van der Waals surface area contributed by atoms with Crippen molar-refractivity contribution in [3.63, 3.8) is 0 Å². The van der Waals surface area contributed by atoms with Gasteiger partial charge in [0.05, 0.1) is 0 Å². The highest BCUT2D eigenvalue weighted by Crippen LogP contribution is 2.28. The smallest absolute Gasteiger partial charge is 0.227 e. The molecule has 1 aromatic carbocycles. The summed E-state index contributed by atoms with van der Waals surface area (Å²) >= 11 is 0. The molecule has 0 aromatic heterocycles. The second-order valence-electron chi connectivity index (χ2n) is 6.39. The summed E-state index contributed by atoms with van der Waals surface area (Å²) in [4.78, 5) is 16.2. The van der Waals surface area contributed by atoms with Crippen LogP contribution in [0.3, 0.4) is 0 Å². The molecule has 1 aliphatic carbocycles. The zero-order chi connectivity index (χ0) is 16.8. The van der Waals surface area contributed by atoms with Crippen LogP contribution in [0.25, 0.3) is 0 Å². The lowest BCUT2D eigenvalue weighted by molar-refractivity contribution is -0.119. The summed E-state index contributed by atoms with van der Waals surface area (Å²) in [5.41, 5.74) is 1.95. The molecule has 5 nitrogen and oxygen atoms in total. The first kappa shape index (κ1) is 20.7. The van der Waals surface area contributed by atoms with Crippen molar-refractivity contribution in [1.82, 2.24) is 10.6 Å². The number of carbonyl (C=O) groups is 1. The molecule has 1 fully saturated rings. The second kappa shape index (κ2) is 9.86. The van der Waals surface area contributed by atoms with Gasteiger partial charge in [-0.3, -0.25) is 9.79 Å². The SMILES string of the molecule is CCC(C)C(=O)Nc1cccc(CNC(=NC)NC2CC2C)c1.I. The predicted molar refractivity (Wildman–Crippen MR) is 111 cm³/mol. The Kier molecular flexibility index (Phi) is 8.52. The zero-order valence-electron chi connectivity index (χ0n) is 14.9. The van der Waals surface area contributed by atoms with Crippen LogP contribution in [0.5, 0.6) is 0 Å². The molecule has 3 unspecified atom stereocenters. The molecular formula is C18H29IN4O. The fourth-order valence-electron chi connectivity index (χ4n) is 2.29. The monoisotopic (exact) mass is 444 g/mol. The van der Waals surface area contributed by atoms with Crippen LogP contribution in [0.15, 0.2) is 29.3 Å². The number of anilines is 1. The van der Waals surface area contributed by atoms with Gasteiger partial charge in [-0.15, -0.1) is 24.0 Å². The molecule has 0 spiro atoms. The molecular weight excluding hydrogens is 415 g/mol. The van der Waals surface area contributed by atoms with Crippen molar-refractivity contribution in [2.75, 3.05) is 12.4 Å². The van der Waals surface area contributed by atoms with Gasteiger partial charge in [-0.05, 0) is 36.5 Å². The van der Waals surface area contributed by atoms with E-state index in [9.17, 15) is 4.79 Å². The van der Waals surface area contributed by atoms with Crippen LogP contribution in [-0.4, -0.2) is 25.0 Å². The average Bonchev–Trinajstić information content (AvgIpc) is 3.25. The van der Waals surface area contributed by atoms with Gasteiger partial charge in [0.15, 0.2) is 5.96 Å². The Labute approximate surface area is 162 Å². The molecule has 3 N–H and O–H groups in total. The number of nitrogens with one attached hydrogen (secondary N) is 3. The summed E-state index contributed by atoms with van der Waals surface area (Å²) in [5.74, 6) is 1.65. The molecule has 0 aliphatic heterocycles. The van der Waals surface area contributed by atoms with Crippen LogP contribution in [0.2, 0.25) is 0 Å². The van der Waals surface area contributed by atoms with Gasteiger partial charge in [0.2, 0.25) is 5.91 Å². The Morgan fingerprint density at radius 3 is 2.71 bits per heavy atom. The van der Waals surface area contributed by atoms with E-state index in [1.54, 1.807) is 7.05 Å². The van der Waals surface area contributed by atoms with E-state index in [4.69, 9.17) is 0 Å². The first-order valence-electron chi connectivity index (χ1n) is 8.40. The number of halogens is 1. The second-order valence-corrected chi connectivity index (χ2v) is 6.39. The van der Waals surface area contributed by atoms with Crippen LogP contribution in [0.4, 0.5) is 5.69 Å². The zero-order valence-corrected chi connectivity index (χ0v) is 17.3. The largest absolute Gasteiger partial charge is 0.353 e. The first-order valence-corrected chi connectivity index (χ1v) is 8.40. The van der Waals surface area contributed by atoms with Crippen LogP contribution >= 0.6 is 24.0 Å². The number of hydrogen-bond donors (Lipinski definition) is 3. The summed E-state index contributed by atoms with van der Waals surface area (Å²) in [6.07, 6.45) is 2.05. The van der Waals surface area contributed by atoms with Crippen LogP contribution in [0, 0.1) is 11.8 Å². The minimum absolute atomic E-state index is 0. The lowest BCUT2D eigenvalue weighted by Crippen LogP contribution is -2.38. The molecule has 3 atom stereocenters. The molecule has 1 aromatic rings. The minimum atomic E-state index is 0. The number of nitrogens with zero attached hydrogens (tertiary/aromatic N) is 1. The molecule has 134 valence electrons. The summed E-state index contributed by atoms with van der Waals surface area (Å²) in [6, 6.07) is 8.46. The van der Waals surface area contributed by atoms with Crippen molar-refractivity contribution in [3.05, 3.63) is 29.8 Å². The van der Waals surface area contributed by atoms with Crippen molar-refractivity contribution >= 4 is 41.5 Å². The molecule has 6 heteroatoms. The van der Waals surface area contributed by atoms with Crippen LogP contribution in [-0.2, 0) is 11.3 Å². The molecule has 1 saturated carbocycles. The number of benzene rings is 1. The van der Waals surface area contributed by atoms with Crippen molar-refractivity contribution < 1.29 is 4.79 Å². The fraction of sp³-hybridized carbons (Fsp3) is 0.556. The van der Waals surface area contributed by atoms with Gasteiger partial charge in [0, 0.05) is 31.2 Å². The summed E-state index contributed by atoms with van der Waals surface area (Å²) in [5, 5.41) is 9.69. The Hall–Kier alpha value is -1.31. The van der Waals surface area contributed by atoms with E-state index in [1.807, 2.05) is 38.1 Å². The summed E-state index contributed by atoms with van der Waals surface area (Å²) in [7, 11) is 1.78. The third kappa shape index (κ3) is 6.30. The average molecular weight is 444 g/mol.